The van der Waals surface area contributed by atoms with Gasteiger partial charge in [0.05, 0.1) is 10.5 Å². The zero-order valence-corrected chi connectivity index (χ0v) is 15.3. The lowest BCUT2D eigenvalue weighted by Crippen LogP contribution is -2.35. The Hall–Kier alpha value is -1.96. The number of hydrogen-bond donors (Lipinski definition) is 2. The number of sulfonamides is 1. The first kappa shape index (κ1) is 19.4. The Morgan fingerprint density at radius 1 is 1.12 bits per heavy atom. The molecule has 2 rings (SSSR count). The first-order chi connectivity index (χ1) is 11.7. The van der Waals surface area contributed by atoms with Gasteiger partial charge in [0.15, 0.2) is 0 Å². The number of hydrogen-bond acceptors (Lipinski definition) is 3. The molecule has 0 spiro atoms. The van der Waals surface area contributed by atoms with E-state index < -0.39 is 21.7 Å². The fraction of sp³-hybridized carbons (Fsp3) is 0.235. The van der Waals surface area contributed by atoms with E-state index in [4.69, 9.17) is 11.6 Å². The van der Waals surface area contributed by atoms with Crippen molar-refractivity contribution in [3.05, 3.63) is 63.9 Å². The number of benzene rings is 2. The summed E-state index contributed by atoms with van der Waals surface area (Å²) in [6.07, 6.45) is 0. The Balaban J connectivity index is 1.94. The number of amides is 1. The Morgan fingerprint density at radius 3 is 2.52 bits per heavy atom. The molecule has 0 heterocycles. The summed E-state index contributed by atoms with van der Waals surface area (Å²) in [5.74, 6) is -1.37. The van der Waals surface area contributed by atoms with Crippen LogP contribution in [0.3, 0.4) is 0 Å². The molecule has 0 saturated heterocycles. The number of nitrogens with one attached hydrogen (secondary N) is 2. The predicted molar refractivity (Wildman–Crippen MR) is 94.8 cm³/mol. The molecule has 1 amide bonds. The van der Waals surface area contributed by atoms with Gasteiger partial charge < -0.3 is 5.32 Å². The fourth-order valence-corrected chi connectivity index (χ4v) is 3.72. The highest BCUT2D eigenvalue weighted by molar-refractivity contribution is 7.89. The van der Waals surface area contributed by atoms with Crippen molar-refractivity contribution in [2.45, 2.75) is 18.7 Å². The van der Waals surface area contributed by atoms with Crippen LogP contribution in [0.1, 0.15) is 21.5 Å². The maximum atomic E-state index is 13.6. The summed E-state index contributed by atoms with van der Waals surface area (Å²) in [5, 5.41) is 2.65. The van der Waals surface area contributed by atoms with Gasteiger partial charge in [0.1, 0.15) is 5.82 Å². The van der Waals surface area contributed by atoms with E-state index in [-0.39, 0.29) is 28.6 Å². The number of carbonyl (C=O) groups is 1. The van der Waals surface area contributed by atoms with E-state index in [1.54, 1.807) is 26.0 Å². The summed E-state index contributed by atoms with van der Waals surface area (Å²) in [6.45, 7) is 3.51. The third-order valence-electron chi connectivity index (χ3n) is 3.51. The molecule has 134 valence electrons. The molecule has 0 aliphatic carbocycles. The van der Waals surface area contributed by atoms with Crippen LogP contribution in [0.15, 0.2) is 41.3 Å². The highest BCUT2D eigenvalue weighted by atomic mass is 35.5. The molecule has 0 radical (unpaired) electrons. The van der Waals surface area contributed by atoms with Crippen molar-refractivity contribution in [2.75, 3.05) is 13.1 Å². The van der Waals surface area contributed by atoms with E-state index in [1.165, 1.54) is 12.1 Å². The summed E-state index contributed by atoms with van der Waals surface area (Å²) < 4.78 is 40.7. The van der Waals surface area contributed by atoms with Crippen LogP contribution in [0, 0.1) is 19.7 Å². The molecule has 0 atom stereocenters. The smallest absolute Gasteiger partial charge is 0.254 e. The first-order valence-electron chi connectivity index (χ1n) is 7.51. The SMILES string of the molecule is Cc1ccc(C)c(S(=O)(=O)NCCNC(=O)c2ccc(Cl)cc2F)c1. The minimum absolute atomic E-state index is 0.0172. The maximum Gasteiger partial charge on any atom is 0.254 e. The molecule has 0 unspecified atom stereocenters. The van der Waals surface area contributed by atoms with Crippen molar-refractivity contribution in [2.24, 2.45) is 0 Å². The average Bonchev–Trinajstić information content (AvgIpc) is 2.53. The first-order valence-corrected chi connectivity index (χ1v) is 9.37. The molecule has 2 aromatic rings. The quantitative estimate of drug-likeness (QED) is 0.752. The zero-order valence-electron chi connectivity index (χ0n) is 13.8. The van der Waals surface area contributed by atoms with Crippen LogP contribution in [0.5, 0.6) is 0 Å². The van der Waals surface area contributed by atoms with Gasteiger partial charge in [-0.15, -0.1) is 0 Å². The largest absolute Gasteiger partial charge is 0.351 e. The monoisotopic (exact) mass is 384 g/mol. The van der Waals surface area contributed by atoms with Crippen LogP contribution < -0.4 is 10.0 Å². The van der Waals surface area contributed by atoms with E-state index in [0.29, 0.717) is 5.56 Å². The second-order valence-corrected chi connectivity index (χ2v) is 7.72. The van der Waals surface area contributed by atoms with Gasteiger partial charge in [-0.25, -0.2) is 17.5 Å². The number of carbonyl (C=O) groups excluding carboxylic acids is 1. The molecule has 0 saturated carbocycles. The zero-order chi connectivity index (χ0) is 18.6. The van der Waals surface area contributed by atoms with Crippen molar-refractivity contribution >= 4 is 27.5 Å². The standard InChI is InChI=1S/C17H18ClFN2O3S/c1-11-3-4-12(2)16(9-11)25(23,24)21-8-7-20-17(22)14-6-5-13(18)10-15(14)19/h3-6,9-10,21H,7-8H2,1-2H3,(H,20,22). The second-order valence-electron chi connectivity index (χ2n) is 5.55. The molecule has 0 aliphatic rings. The predicted octanol–water partition coefficient (Wildman–Crippen LogP) is 2.80. The summed E-state index contributed by atoms with van der Waals surface area (Å²) >= 11 is 5.63. The van der Waals surface area contributed by atoms with Gasteiger partial charge >= 0.3 is 0 Å². The topological polar surface area (TPSA) is 75.3 Å². The molecule has 5 nitrogen and oxygen atoms in total. The third-order valence-corrected chi connectivity index (χ3v) is 5.35. The van der Waals surface area contributed by atoms with Crippen molar-refractivity contribution in [1.29, 1.82) is 0 Å². The van der Waals surface area contributed by atoms with Gasteiger partial charge in [-0.3, -0.25) is 4.79 Å². The van der Waals surface area contributed by atoms with Crippen LogP contribution >= 0.6 is 11.6 Å². The number of halogens is 2. The van der Waals surface area contributed by atoms with Gasteiger partial charge in [0.2, 0.25) is 10.0 Å². The minimum atomic E-state index is -3.68. The summed E-state index contributed by atoms with van der Waals surface area (Å²) in [7, 11) is -3.68. The van der Waals surface area contributed by atoms with Crippen LogP contribution in [0.2, 0.25) is 5.02 Å². The molecule has 2 N–H and O–H groups in total. The van der Waals surface area contributed by atoms with E-state index in [0.717, 1.165) is 11.6 Å². The highest BCUT2D eigenvalue weighted by Crippen LogP contribution is 2.16. The molecule has 0 bridgehead atoms. The lowest BCUT2D eigenvalue weighted by atomic mass is 10.2. The van der Waals surface area contributed by atoms with E-state index in [2.05, 4.69) is 10.0 Å². The van der Waals surface area contributed by atoms with Crippen LogP contribution in [0.4, 0.5) is 4.39 Å². The number of rotatable bonds is 6. The summed E-state index contributed by atoms with van der Waals surface area (Å²) in [5.41, 5.74) is 1.31. The molecule has 8 heteroatoms. The Morgan fingerprint density at radius 2 is 1.84 bits per heavy atom. The fourth-order valence-electron chi connectivity index (χ4n) is 2.20. The van der Waals surface area contributed by atoms with Crippen molar-refractivity contribution in [3.8, 4) is 0 Å². The second kappa shape index (κ2) is 7.95. The molecule has 2 aromatic carbocycles. The van der Waals surface area contributed by atoms with Gasteiger partial charge in [-0.1, -0.05) is 23.7 Å². The van der Waals surface area contributed by atoms with Gasteiger partial charge in [0, 0.05) is 18.1 Å². The Labute approximate surface area is 151 Å². The lowest BCUT2D eigenvalue weighted by Gasteiger charge is -2.11. The van der Waals surface area contributed by atoms with Gasteiger partial charge in [-0.2, -0.15) is 0 Å². The molecule has 0 fully saturated rings. The van der Waals surface area contributed by atoms with Crippen molar-refractivity contribution in [3.63, 3.8) is 0 Å². The molecule has 0 aromatic heterocycles. The summed E-state index contributed by atoms with van der Waals surface area (Å²) in [4.78, 5) is 12.1. The van der Waals surface area contributed by atoms with E-state index in [1.807, 2.05) is 6.07 Å². The summed E-state index contributed by atoms with van der Waals surface area (Å²) in [6, 6.07) is 8.86. The van der Waals surface area contributed by atoms with Crippen molar-refractivity contribution in [1.82, 2.24) is 10.0 Å². The van der Waals surface area contributed by atoms with E-state index in [9.17, 15) is 17.6 Å². The van der Waals surface area contributed by atoms with E-state index >= 15 is 0 Å². The van der Waals surface area contributed by atoms with Crippen molar-refractivity contribution < 1.29 is 17.6 Å². The normalized spacial score (nSPS) is 11.4. The molecular formula is C17H18ClFN2O3S. The average molecular weight is 385 g/mol. The maximum absolute atomic E-state index is 13.6. The Kier molecular flexibility index (Phi) is 6.16. The molecular weight excluding hydrogens is 367 g/mol. The molecule has 0 aliphatic heterocycles. The van der Waals surface area contributed by atoms with Crippen LogP contribution in [-0.4, -0.2) is 27.4 Å². The highest BCUT2D eigenvalue weighted by Gasteiger charge is 2.17. The minimum Gasteiger partial charge on any atom is -0.351 e. The van der Waals surface area contributed by atoms with Gasteiger partial charge in [-0.05, 0) is 49.2 Å². The third kappa shape index (κ3) is 5.01. The molecule has 25 heavy (non-hydrogen) atoms. The van der Waals surface area contributed by atoms with Crippen LogP contribution in [0.25, 0.3) is 0 Å². The van der Waals surface area contributed by atoms with Gasteiger partial charge in [0.25, 0.3) is 5.91 Å². The van der Waals surface area contributed by atoms with Crippen LogP contribution in [-0.2, 0) is 10.0 Å². The lowest BCUT2D eigenvalue weighted by molar-refractivity contribution is 0.0950. The Bertz CT molecular complexity index is 901. The number of aryl methyl sites for hydroxylation is 2.